The number of aliphatic hydroxyl groups is 2. The zero-order valence-corrected chi connectivity index (χ0v) is 16.0. The second-order valence-corrected chi connectivity index (χ2v) is 8.47. The van der Waals surface area contributed by atoms with Gasteiger partial charge >= 0.3 is 11.9 Å². The lowest BCUT2D eigenvalue weighted by atomic mass is 9.79. The molecular formula is C18H26ClNO6. The van der Waals surface area contributed by atoms with Crippen molar-refractivity contribution in [3.05, 3.63) is 11.6 Å². The van der Waals surface area contributed by atoms with Crippen LogP contribution in [0.4, 0.5) is 0 Å². The number of rotatable bonds is 1. The molecule has 6 unspecified atom stereocenters. The Morgan fingerprint density at radius 2 is 2.04 bits per heavy atom. The second-order valence-electron chi connectivity index (χ2n) is 7.82. The van der Waals surface area contributed by atoms with Gasteiger partial charge in [0.2, 0.25) is 0 Å². The Bertz CT molecular complexity index is 633. The molecule has 0 aromatic carbocycles. The number of alkyl halides is 1. The molecule has 26 heavy (non-hydrogen) atoms. The van der Waals surface area contributed by atoms with Crippen LogP contribution >= 0.6 is 11.6 Å². The first-order valence-corrected chi connectivity index (χ1v) is 9.41. The molecule has 6 atom stereocenters. The van der Waals surface area contributed by atoms with Crippen LogP contribution in [0.1, 0.15) is 33.6 Å². The molecule has 0 aromatic rings. The summed E-state index contributed by atoms with van der Waals surface area (Å²) in [6, 6.07) is -0.177. The van der Waals surface area contributed by atoms with Gasteiger partial charge in [-0.05, 0) is 38.2 Å². The van der Waals surface area contributed by atoms with Gasteiger partial charge in [-0.25, -0.2) is 9.59 Å². The summed E-state index contributed by atoms with van der Waals surface area (Å²) in [4.78, 5) is 27.4. The standard InChI is InChI=1S/C18H26ClNO6/c1-10-8-18(24,11(2)19)16(22)26-13-5-7-20-6-4-12(14(13)20)9-25-15(21)17(10,3)23/h4,10-11,13-14,23-24H,5-9H2,1-3H3. The van der Waals surface area contributed by atoms with Crippen LogP contribution in [-0.2, 0) is 19.1 Å². The molecule has 3 aliphatic heterocycles. The molecule has 0 spiro atoms. The summed E-state index contributed by atoms with van der Waals surface area (Å²) >= 11 is 6.12. The summed E-state index contributed by atoms with van der Waals surface area (Å²) in [5.41, 5.74) is -3.03. The Labute approximate surface area is 157 Å². The van der Waals surface area contributed by atoms with Crippen LogP contribution in [0.2, 0.25) is 0 Å². The molecule has 0 aromatic heterocycles. The van der Waals surface area contributed by atoms with Crippen molar-refractivity contribution in [3.8, 4) is 0 Å². The molecule has 3 aliphatic rings. The zero-order chi connectivity index (χ0) is 19.3. The van der Waals surface area contributed by atoms with Crippen LogP contribution in [0.15, 0.2) is 11.6 Å². The maximum atomic E-state index is 12.8. The van der Waals surface area contributed by atoms with Crippen molar-refractivity contribution >= 4 is 23.5 Å². The van der Waals surface area contributed by atoms with Crippen molar-refractivity contribution in [3.63, 3.8) is 0 Å². The quantitative estimate of drug-likeness (QED) is 0.386. The maximum absolute atomic E-state index is 12.8. The Kier molecular flexibility index (Phi) is 5.11. The van der Waals surface area contributed by atoms with Gasteiger partial charge in [-0.2, -0.15) is 0 Å². The van der Waals surface area contributed by atoms with E-state index in [1.807, 2.05) is 6.08 Å². The van der Waals surface area contributed by atoms with Crippen LogP contribution in [0, 0.1) is 5.92 Å². The van der Waals surface area contributed by atoms with Crippen molar-refractivity contribution in [1.82, 2.24) is 4.90 Å². The molecule has 3 rings (SSSR count). The van der Waals surface area contributed by atoms with Gasteiger partial charge in [-0.1, -0.05) is 13.0 Å². The molecule has 0 radical (unpaired) electrons. The highest BCUT2D eigenvalue weighted by Gasteiger charge is 2.52. The van der Waals surface area contributed by atoms with Gasteiger partial charge < -0.3 is 19.7 Å². The summed E-state index contributed by atoms with van der Waals surface area (Å²) in [6.07, 6.45) is 1.95. The number of ether oxygens (including phenoxy) is 2. The SMILES string of the molecule is CC1CC(O)(C(C)Cl)C(=O)OC2CCN3CC=C(COC(=O)C1(C)O)C23. The topological polar surface area (TPSA) is 96.3 Å². The Morgan fingerprint density at radius 1 is 1.35 bits per heavy atom. The minimum Gasteiger partial charge on any atom is -0.459 e. The van der Waals surface area contributed by atoms with Gasteiger partial charge in [0.1, 0.15) is 12.7 Å². The molecule has 0 saturated carbocycles. The first kappa shape index (κ1) is 19.6. The van der Waals surface area contributed by atoms with Crippen molar-refractivity contribution in [2.24, 2.45) is 5.92 Å². The highest BCUT2D eigenvalue weighted by molar-refractivity contribution is 6.22. The molecule has 2 saturated heterocycles. The van der Waals surface area contributed by atoms with Crippen LogP contribution in [0.5, 0.6) is 0 Å². The number of hydrogen-bond donors (Lipinski definition) is 2. The molecule has 0 bridgehead atoms. The Balaban J connectivity index is 1.97. The molecule has 2 N–H and O–H groups in total. The van der Waals surface area contributed by atoms with Gasteiger partial charge in [-0.15, -0.1) is 11.6 Å². The summed E-state index contributed by atoms with van der Waals surface area (Å²) < 4.78 is 11.0. The number of carbonyl (C=O) groups is 2. The highest BCUT2D eigenvalue weighted by atomic mass is 35.5. The average molecular weight is 388 g/mol. The van der Waals surface area contributed by atoms with Crippen molar-refractivity contribution < 1.29 is 29.3 Å². The summed E-state index contributed by atoms with van der Waals surface area (Å²) in [7, 11) is 0. The van der Waals surface area contributed by atoms with Crippen LogP contribution in [-0.4, -0.2) is 75.5 Å². The monoisotopic (exact) mass is 387 g/mol. The van der Waals surface area contributed by atoms with E-state index in [0.29, 0.717) is 13.0 Å². The minimum atomic E-state index is -2.01. The van der Waals surface area contributed by atoms with Gasteiger partial charge in [0.15, 0.2) is 11.2 Å². The number of nitrogens with zero attached hydrogens (tertiary/aromatic N) is 1. The fourth-order valence-electron chi connectivity index (χ4n) is 3.94. The Hall–Kier alpha value is -1.15. The lowest BCUT2D eigenvalue weighted by Gasteiger charge is -2.37. The fourth-order valence-corrected chi connectivity index (χ4v) is 4.11. The van der Waals surface area contributed by atoms with Gasteiger partial charge in [-0.3, -0.25) is 4.90 Å². The third kappa shape index (κ3) is 3.15. The number of cyclic esters (lactones) is 1. The molecular weight excluding hydrogens is 362 g/mol. The van der Waals surface area contributed by atoms with Crippen molar-refractivity contribution in [2.45, 2.75) is 62.3 Å². The van der Waals surface area contributed by atoms with Gasteiger partial charge in [0, 0.05) is 13.1 Å². The number of halogens is 1. The third-order valence-electron chi connectivity index (χ3n) is 6.04. The molecule has 3 heterocycles. The first-order valence-electron chi connectivity index (χ1n) is 8.97. The smallest absolute Gasteiger partial charge is 0.340 e. The first-order chi connectivity index (χ1) is 12.1. The fraction of sp³-hybridized carbons (Fsp3) is 0.778. The van der Waals surface area contributed by atoms with Crippen LogP contribution in [0.25, 0.3) is 0 Å². The van der Waals surface area contributed by atoms with E-state index in [9.17, 15) is 19.8 Å². The zero-order valence-electron chi connectivity index (χ0n) is 15.3. The van der Waals surface area contributed by atoms with E-state index in [0.717, 1.165) is 12.1 Å². The molecule has 0 aliphatic carbocycles. The molecule has 8 heteroatoms. The number of carbonyl (C=O) groups excluding carboxylic acids is 2. The van der Waals surface area contributed by atoms with Gasteiger partial charge in [0.05, 0.1) is 11.4 Å². The highest BCUT2D eigenvalue weighted by Crippen LogP contribution is 2.37. The predicted octanol–water partition coefficient (Wildman–Crippen LogP) is 0.605. The van der Waals surface area contributed by atoms with E-state index in [-0.39, 0.29) is 19.1 Å². The summed E-state index contributed by atoms with van der Waals surface area (Å²) in [6.45, 7) is 5.88. The van der Waals surface area contributed by atoms with E-state index in [2.05, 4.69) is 4.90 Å². The minimum absolute atomic E-state index is 0.0487. The maximum Gasteiger partial charge on any atom is 0.340 e. The second kappa shape index (κ2) is 6.78. The summed E-state index contributed by atoms with van der Waals surface area (Å²) in [5, 5.41) is 20.6. The average Bonchev–Trinajstić information content (AvgIpc) is 3.14. The normalized spacial score (nSPS) is 42.8. The third-order valence-corrected chi connectivity index (χ3v) is 6.41. The lowest BCUT2D eigenvalue weighted by Crippen LogP contribution is -2.54. The molecule has 146 valence electrons. The van der Waals surface area contributed by atoms with Crippen molar-refractivity contribution in [1.29, 1.82) is 0 Å². The largest absolute Gasteiger partial charge is 0.459 e. The predicted molar refractivity (Wildman–Crippen MR) is 93.6 cm³/mol. The van der Waals surface area contributed by atoms with E-state index >= 15 is 0 Å². The molecule has 2 fully saturated rings. The molecule has 0 amide bonds. The number of esters is 2. The van der Waals surface area contributed by atoms with E-state index in [4.69, 9.17) is 21.1 Å². The van der Waals surface area contributed by atoms with Crippen LogP contribution < -0.4 is 0 Å². The van der Waals surface area contributed by atoms with Gasteiger partial charge in [0.25, 0.3) is 0 Å². The molecule has 7 nitrogen and oxygen atoms in total. The van der Waals surface area contributed by atoms with E-state index < -0.39 is 40.5 Å². The number of hydrogen-bond acceptors (Lipinski definition) is 7. The summed E-state index contributed by atoms with van der Waals surface area (Å²) in [5.74, 6) is -2.37. The van der Waals surface area contributed by atoms with E-state index in [1.165, 1.54) is 13.8 Å². The van der Waals surface area contributed by atoms with Crippen LogP contribution in [0.3, 0.4) is 0 Å². The lowest BCUT2D eigenvalue weighted by molar-refractivity contribution is -0.183. The van der Waals surface area contributed by atoms with Crippen molar-refractivity contribution in [2.75, 3.05) is 19.7 Å². The van der Waals surface area contributed by atoms with E-state index in [1.54, 1.807) is 6.92 Å². The Morgan fingerprint density at radius 3 is 2.69 bits per heavy atom.